The van der Waals surface area contributed by atoms with Gasteiger partial charge in [0, 0.05) is 6.07 Å². The Morgan fingerprint density at radius 3 is 2.33 bits per heavy atom. The van der Waals surface area contributed by atoms with E-state index in [-0.39, 0.29) is 23.2 Å². The zero-order chi connectivity index (χ0) is 14.7. The molecule has 0 bridgehead atoms. The van der Waals surface area contributed by atoms with Gasteiger partial charge in [0.2, 0.25) is 0 Å². The van der Waals surface area contributed by atoms with E-state index in [9.17, 15) is 20.2 Å². The summed E-state index contributed by atoms with van der Waals surface area (Å²) in [7, 11) is 0. The van der Waals surface area contributed by atoms with Crippen molar-refractivity contribution in [2.24, 2.45) is 23.7 Å². The van der Waals surface area contributed by atoms with Gasteiger partial charge >= 0.3 is 5.69 Å². The van der Waals surface area contributed by atoms with E-state index >= 15 is 0 Å². The van der Waals surface area contributed by atoms with Crippen molar-refractivity contribution in [2.45, 2.75) is 25.4 Å². The van der Waals surface area contributed by atoms with Crippen molar-refractivity contribution >= 4 is 11.4 Å². The predicted molar refractivity (Wildman–Crippen MR) is 72.0 cm³/mol. The van der Waals surface area contributed by atoms with Crippen molar-refractivity contribution in [2.75, 3.05) is 0 Å². The van der Waals surface area contributed by atoms with Gasteiger partial charge in [0.1, 0.15) is 6.10 Å². The lowest BCUT2D eigenvalue weighted by atomic mass is 9.72. The first kappa shape index (κ1) is 12.6. The Morgan fingerprint density at radius 2 is 1.76 bits per heavy atom. The standard InChI is InChI=1S/C14H14N2O5/c17-15(18)7-1-4-13(12(5-7)16(19)20)21-14-9-3-2-8(9)10-6-11(10)14/h1,4-5,8-11,14H,2-3,6H2/t8-,9+,10-,11-,14-/m0/s1. The van der Waals surface area contributed by atoms with E-state index in [1.54, 1.807) is 0 Å². The highest BCUT2D eigenvalue weighted by Gasteiger charge is 2.64. The lowest BCUT2D eigenvalue weighted by Gasteiger charge is -2.36. The third kappa shape index (κ3) is 1.80. The van der Waals surface area contributed by atoms with Crippen LogP contribution in [-0.2, 0) is 0 Å². The molecule has 0 amide bonds. The molecule has 0 heterocycles. The highest BCUT2D eigenvalue weighted by molar-refractivity contribution is 5.53. The van der Waals surface area contributed by atoms with Crippen LogP contribution in [0.4, 0.5) is 11.4 Å². The summed E-state index contributed by atoms with van der Waals surface area (Å²) in [4.78, 5) is 20.6. The van der Waals surface area contributed by atoms with Gasteiger partial charge in [-0.05, 0) is 49.0 Å². The van der Waals surface area contributed by atoms with Crippen LogP contribution in [0.15, 0.2) is 18.2 Å². The number of hydrogen-bond donors (Lipinski definition) is 0. The SMILES string of the molecule is O=[N+]([O-])c1ccc(O[C@H]2[C@@H]3CC[C@@H]3[C@@H]3C[C@@H]32)c([N+](=O)[O-])c1. The number of nitro benzene ring substituents is 2. The summed E-state index contributed by atoms with van der Waals surface area (Å²) in [6.45, 7) is 0. The van der Waals surface area contributed by atoms with Crippen molar-refractivity contribution < 1.29 is 14.6 Å². The van der Waals surface area contributed by atoms with Crippen LogP contribution >= 0.6 is 0 Å². The molecule has 0 unspecified atom stereocenters. The Labute approximate surface area is 120 Å². The Balaban J connectivity index is 1.62. The second kappa shape index (κ2) is 4.16. The Morgan fingerprint density at radius 1 is 1.00 bits per heavy atom. The highest BCUT2D eigenvalue weighted by atomic mass is 16.6. The lowest BCUT2D eigenvalue weighted by molar-refractivity contribution is -0.394. The van der Waals surface area contributed by atoms with Gasteiger partial charge in [0.15, 0.2) is 5.75 Å². The average Bonchev–Trinajstić information content (AvgIpc) is 3.12. The number of fused-ring (bicyclic) bond motifs is 3. The molecule has 7 nitrogen and oxygen atoms in total. The minimum absolute atomic E-state index is 0.0499. The zero-order valence-electron chi connectivity index (χ0n) is 11.2. The largest absolute Gasteiger partial charge is 0.483 e. The third-order valence-corrected chi connectivity index (χ3v) is 5.28. The van der Waals surface area contributed by atoms with Crippen LogP contribution in [-0.4, -0.2) is 16.0 Å². The second-order valence-electron chi connectivity index (χ2n) is 6.22. The second-order valence-corrected chi connectivity index (χ2v) is 6.22. The molecular formula is C14H14N2O5. The summed E-state index contributed by atoms with van der Waals surface area (Å²) in [5.41, 5.74) is -0.601. The highest BCUT2D eigenvalue weighted by Crippen LogP contribution is 2.66. The van der Waals surface area contributed by atoms with E-state index in [2.05, 4.69) is 0 Å². The van der Waals surface area contributed by atoms with Gasteiger partial charge in [-0.25, -0.2) is 0 Å². The van der Waals surface area contributed by atoms with E-state index in [1.807, 2.05) is 0 Å². The van der Waals surface area contributed by atoms with Crippen LogP contribution in [0.2, 0.25) is 0 Å². The van der Waals surface area contributed by atoms with Crippen molar-refractivity contribution in [1.82, 2.24) is 0 Å². The molecule has 21 heavy (non-hydrogen) atoms. The quantitative estimate of drug-likeness (QED) is 0.627. The molecule has 3 saturated carbocycles. The average molecular weight is 290 g/mol. The van der Waals surface area contributed by atoms with E-state index in [4.69, 9.17) is 4.74 Å². The Kier molecular flexibility index (Phi) is 2.49. The van der Waals surface area contributed by atoms with Crippen LogP contribution in [0.3, 0.4) is 0 Å². The molecule has 1 aromatic rings. The van der Waals surface area contributed by atoms with Gasteiger partial charge in [-0.15, -0.1) is 0 Å². The summed E-state index contributed by atoms with van der Waals surface area (Å²) in [6, 6.07) is 3.60. The third-order valence-electron chi connectivity index (χ3n) is 5.28. The van der Waals surface area contributed by atoms with Crippen LogP contribution in [0.1, 0.15) is 19.3 Å². The van der Waals surface area contributed by atoms with Crippen molar-refractivity contribution in [3.8, 4) is 5.75 Å². The van der Waals surface area contributed by atoms with E-state index in [0.29, 0.717) is 11.8 Å². The summed E-state index contributed by atoms with van der Waals surface area (Å²) < 4.78 is 5.93. The van der Waals surface area contributed by atoms with Crippen LogP contribution in [0.25, 0.3) is 0 Å². The van der Waals surface area contributed by atoms with E-state index in [0.717, 1.165) is 30.7 Å². The molecule has 3 fully saturated rings. The molecule has 0 N–H and O–H groups in total. The monoisotopic (exact) mass is 290 g/mol. The Hall–Kier alpha value is -2.18. The van der Waals surface area contributed by atoms with Crippen LogP contribution in [0.5, 0.6) is 5.75 Å². The first-order valence-corrected chi connectivity index (χ1v) is 7.16. The summed E-state index contributed by atoms with van der Waals surface area (Å²) in [6.07, 6.45) is 3.58. The van der Waals surface area contributed by atoms with Crippen LogP contribution < -0.4 is 4.74 Å². The summed E-state index contributed by atoms with van der Waals surface area (Å²) in [5.74, 6) is 2.68. The molecule has 110 valence electrons. The molecule has 3 aliphatic rings. The molecule has 5 atom stereocenters. The van der Waals surface area contributed by atoms with Crippen LogP contribution in [0, 0.1) is 43.9 Å². The fourth-order valence-electron chi connectivity index (χ4n) is 4.10. The molecule has 0 saturated heterocycles. The molecule has 7 heteroatoms. The molecule has 4 rings (SSSR count). The molecule has 0 aromatic heterocycles. The van der Waals surface area contributed by atoms with Gasteiger partial charge in [-0.1, -0.05) is 0 Å². The topological polar surface area (TPSA) is 95.5 Å². The normalized spacial score (nSPS) is 35.3. The number of hydrogen-bond acceptors (Lipinski definition) is 5. The number of rotatable bonds is 4. The van der Waals surface area contributed by atoms with Crippen molar-refractivity contribution in [3.63, 3.8) is 0 Å². The maximum Gasteiger partial charge on any atom is 0.317 e. The number of benzene rings is 1. The summed E-state index contributed by atoms with van der Waals surface area (Å²) >= 11 is 0. The maximum atomic E-state index is 11.1. The van der Waals surface area contributed by atoms with E-state index < -0.39 is 9.85 Å². The minimum atomic E-state index is -0.634. The number of non-ortho nitro benzene ring substituents is 1. The van der Waals surface area contributed by atoms with Gasteiger partial charge in [-0.3, -0.25) is 20.2 Å². The summed E-state index contributed by atoms with van der Waals surface area (Å²) in [5, 5.41) is 21.9. The van der Waals surface area contributed by atoms with Gasteiger partial charge < -0.3 is 4.74 Å². The molecule has 3 aliphatic carbocycles. The maximum absolute atomic E-state index is 11.1. The van der Waals surface area contributed by atoms with Crippen molar-refractivity contribution in [1.29, 1.82) is 0 Å². The number of ether oxygens (including phenoxy) is 1. The predicted octanol–water partition coefficient (Wildman–Crippen LogP) is 2.93. The minimum Gasteiger partial charge on any atom is -0.483 e. The Bertz CT molecular complexity index is 646. The smallest absolute Gasteiger partial charge is 0.317 e. The van der Waals surface area contributed by atoms with Gasteiger partial charge in [0.05, 0.1) is 15.9 Å². The number of nitrogens with zero attached hydrogens (tertiary/aromatic N) is 2. The first-order valence-electron chi connectivity index (χ1n) is 7.16. The fourth-order valence-corrected chi connectivity index (χ4v) is 4.10. The molecule has 0 aliphatic heterocycles. The number of nitro groups is 2. The molecular weight excluding hydrogens is 276 g/mol. The fraction of sp³-hybridized carbons (Fsp3) is 0.571. The first-order chi connectivity index (χ1) is 10.1. The lowest BCUT2D eigenvalue weighted by Crippen LogP contribution is -2.35. The van der Waals surface area contributed by atoms with E-state index in [1.165, 1.54) is 18.6 Å². The zero-order valence-corrected chi connectivity index (χ0v) is 11.2. The molecule has 0 spiro atoms. The van der Waals surface area contributed by atoms with Gasteiger partial charge in [0.25, 0.3) is 5.69 Å². The van der Waals surface area contributed by atoms with Gasteiger partial charge in [-0.2, -0.15) is 0 Å². The van der Waals surface area contributed by atoms with Crippen molar-refractivity contribution in [3.05, 3.63) is 38.4 Å². The molecule has 1 aromatic carbocycles. The molecule has 0 radical (unpaired) electrons.